The highest BCUT2D eigenvalue weighted by molar-refractivity contribution is 6.45. The Morgan fingerprint density at radius 3 is 2.25 bits per heavy atom. The molecule has 3 aliphatic rings. The molecule has 2 saturated heterocycles. The molecule has 0 bridgehead atoms. The molecular formula is C27H45N7O2. The summed E-state index contributed by atoms with van der Waals surface area (Å²) in [6.45, 7) is 7.83. The lowest BCUT2D eigenvalue weighted by Crippen LogP contribution is -2.48. The summed E-state index contributed by atoms with van der Waals surface area (Å²) in [5.41, 5.74) is 0.514. The van der Waals surface area contributed by atoms with Crippen molar-refractivity contribution in [2.75, 3.05) is 70.2 Å². The minimum atomic E-state index is -0.319. The number of likely N-dealkylation sites (tertiary alicyclic amines) is 1. The SMILES string of the molecule is CNc1nc(NC2CCCCCCC2)ccc1C(=N)C(=O)NC1CCN(CCN2CCOCC2)CC1. The maximum absolute atomic E-state index is 12.9. The Balaban J connectivity index is 1.24. The summed E-state index contributed by atoms with van der Waals surface area (Å²) in [4.78, 5) is 22.6. The van der Waals surface area contributed by atoms with Crippen molar-refractivity contribution in [3.63, 3.8) is 0 Å². The van der Waals surface area contributed by atoms with Crippen molar-refractivity contribution in [2.24, 2.45) is 0 Å². The third-order valence-corrected chi connectivity index (χ3v) is 7.84. The van der Waals surface area contributed by atoms with E-state index in [0.29, 0.717) is 17.4 Å². The van der Waals surface area contributed by atoms with Crippen LogP contribution in [-0.2, 0) is 9.53 Å². The number of amides is 1. The number of nitrogens with one attached hydrogen (secondary N) is 4. The second-order valence-electron chi connectivity index (χ2n) is 10.4. The Hall–Kier alpha value is -2.23. The number of hydrogen-bond acceptors (Lipinski definition) is 8. The van der Waals surface area contributed by atoms with Gasteiger partial charge in [0.1, 0.15) is 17.3 Å². The van der Waals surface area contributed by atoms with E-state index in [2.05, 4.69) is 25.8 Å². The van der Waals surface area contributed by atoms with E-state index in [1.54, 1.807) is 7.05 Å². The average Bonchev–Trinajstić information content (AvgIpc) is 2.90. The van der Waals surface area contributed by atoms with Crippen LogP contribution in [0.5, 0.6) is 0 Å². The molecule has 3 fully saturated rings. The summed E-state index contributed by atoms with van der Waals surface area (Å²) in [5.74, 6) is 1.07. The molecular weight excluding hydrogens is 454 g/mol. The first-order chi connectivity index (χ1) is 17.6. The molecule has 0 unspecified atom stereocenters. The summed E-state index contributed by atoms with van der Waals surface area (Å²) in [6, 6.07) is 4.31. The van der Waals surface area contributed by atoms with E-state index in [0.717, 1.165) is 71.1 Å². The van der Waals surface area contributed by atoms with Crippen molar-refractivity contribution in [3.8, 4) is 0 Å². The molecule has 1 amide bonds. The normalized spacial score (nSPS) is 21.4. The summed E-state index contributed by atoms with van der Waals surface area (Å²) >= 11 is 0. The molecule has 0 atom stereocenters. The predicted octanol–water partition coefficient (Wildman–Crippen LogP) is 2.93. The van der Waals surface area contributed by atoms with Crippen LogP contribution in [0.25, 0.3) is 0 Å². The highest BCUT2D eigenvalue weighted by Gasteiger charge is 2.24. The zero-order valence-corrected chi connectivity index (χ0v) is 22.0. The molecule has 0 aromatic carbocycles. The average molecular weight is 500 g/mol. The molecule has 3 heterocycles. The smallest absolute Gasteiger partial charge is 0.270 e. The van der Waals surface area contributed by atoms with Crippen LogP contribution in [-0.4, -0.2) is 98.0 Å². The van der Waals surface area contributed by atoms with Gasteiger partial charge < -0.3 is 25.6 Å². The Bertz CT molecular complexity index is 843. The molecule has 2 aliphatic heterocycles. The zero-order chi connectivity index (χ0) is 25.2. The molecule has 0 spiro atoms. The van der Waals surface area contributed by atoms with Crippen molar-refractivity contribution in [2.45, 2.75) is 69.9 Å². The summed E-state index contributed by atoms with van der Waals surface area (Å²) in [6.07, 6.45) is 10.7. The molecule has 1 aliphatic carbocycles. The number of nitrogens with zero attached hydrogens (tertiary/aromatic N) is 3. The number of carbonyl (C=O) groups excluding carboxylic acids is 1. The van der Waals surface area contributed by atoms with Crippen molar-refractivity contribution < 1.29 is 9.53 Å². The fourth-order valence-corrected chi connectivity index (χ4v) is 5.53. The van der Waals surface area contributed by atoms with Crippen molar-refractivity contribution in [1.29, 1.82) is 5.41 Å². The molecule has 9 heteroatoms. The van der Waals surface area contributed by atoms with E-state index in [9.17, 15) is 4.79 Å². The van der Waals surface area contributed by atoms with E-state index >= 15 is 0 Å². The topological polar surface area (TPSA) is 106 Å². The highest BCUT2D eigenvalue weighted by atomic mass is 16.5. The highest BCUT2D eigenvalue weighted by Crippen LogP contribution is 2.22. The van der Waals surface area contributed by atoms with E-state index in [1.165, 1.54) is 44.9 Å². The third-order valence-electron chi connectivity index (χ3n) is 7.84. The lowest BCUT2D eigenvalue weighted by Gasteiger charge is -2.34. The minimum Gasteiger partial charge on any atom is -0.379 e. The molecule has 4 N–H and O–H groups in total. The van der Waals surface area contributed by atoms with Gasteiger partial charge in [-0.25, -0.2) is 4.98 Å². The predicted molar refractivity (Wildman–Crippen MR) is 145 cm³/mol. The van der Waals surface area contributed by atoms with Crippen LogP contribution in [0.4, 0.5) is 11.6 Å². The van der Waals surface area contributed by atoms with E-state index < -0.39 is 0 Å². The van der Waals surface area contributed by atoms with Gasteiger partial charge in [-0.2, -0.15) is 0 Å². The van der Waals surface area contributed by atoms with Crippen LogP contribution in [0.1, 0.15) is 63.4 Å². The maximum atomic E-state index is 12.9. The van der Waals surface area contributed by atoms with Crippen LogP contribution in [0, 0.1) is 5.41 Å². The van der Waals surface area contributed by atoms with Crippen LogP contribution in [0.2, 0.25) is 0 Å². The van der Waals surface area contributed by atoms with Crippen LogP contribution < -0.4 is 16.0 Å². The van der Waals surface area contributed by atoms with Gasteiger partial charge in [0.05, 0.1) is 13.2 Å². The summed E-state index contributed by atoms with van der Waals surface area (Å²) in [7, 11) is 1.79. The van der Waals surface area contributed by atoms with Gasteiger partial charge >= 0.3 is 0 Å². The Labute approximate surface area is 216 Å². The molecule has 9 nitrogen and oxygen atoms in total. The molecule has 4 rings (SSSR count). The van der Waals surface area contributed by atoms with E-state index in [1.807, 2.05) is 12.1 Å². The first-order valence-corrected chi connectivity index (χ1v) is 14.0. The first-order valence-electron chi connectivity index (χ1n) is 14.0. The zero-order valence-electron chi connectivity index (χ0n) is 22.0. The van der Waals surface area contributed by atoms with Gasteiger partial charge in [-0.3, -0.25) is 15.1 Å². The van der Waals surface area contributed by atoms with Gasteiger partial charge in [0, 0.05) is 64.0 Å². The molecule has 1 saturated carbocycles. The number of hydrogen-bond donors (Lipinski definition) is 4. The second-order valence-corrected chi connectivity index (χ2v) is 10.4. The van der Waals surface area contributed by atoms with Crippen molar-refractivity contribution in [1.82, 2.24) is 20.1 Å². The lowest BCUT2D eigenvalue weighted by atomic mass is 9.97. The van der Waals surface area contributed by atoms with E-state index in [-0.39, 0.29) is 17.7 Å². The molecule has 1 aromatic rings. The Morgan fingerprint density at radius 1 is 0.944 bits per heavy atom. The van der Waals surface area contributed by atoms with Crippen molar-refractivity contribution >= 4 is 23.3 Å². The molecule has 0 radical (unpaired) electrons. The van der Waals surface area contributed by atoms with Crippen LogP contribution in [0.15, 0.2) is 12.1 Å². The summed E-state index contributed by atoms with van der Waals surface area (Å²) < 4.78 is 5.43. The van der Waals surface area contributed by atoms with Crippen molar-refractivity contribution in [3.05, 3.63) is 17.7 Å². The number of morpholine rings is 1. The molecule has 36 heavy (non-hydrogen) atoms. The number of pyridine rings is 1. The van der Waals surface area contributed by atoms with Crippen LogP contribution in [0.3, 0.4) is 0 Å². The first kappa shape index (κ1) is 26.8. The number of aromatic nitrogens is 1. The fourth-order valence-electron chi connectivity index (χ4n) is 5.53. The van der Waals surface area contributed by atoms with Gasteiger partial charge in [-0.1, -0.05) is 32.1 Å². The van der Waals surface area contributed by atoms with Crippen LogP contribution >= 0.6 is 0 Å². The standard InChI is InChI=1S/C27H45N7O2/c1-29-26-23(9-10-24(32-26)30-21-7-5-3-2-4-6-8-21)25(28)27(35)31-22-11-13-33(14-12-22)15-16-34-17-19-36-20-18-34/h9-10,21-22,28H,2-8,11-20H2,1H3,(H,31,35)(H2,29,30,32). The fraction of sp³-hybridized carbons (Fsp3) is 0.741. The monoisotopic (exact) mass is 499 g/mol. The van der Waals surface area contributed by atoms with Gasteiger partial charge in [-0.05, 0) is 37.8 Å². The number of anilines is 2. The second kappa shape index (κ2) is 13.9. The quantitative estimate of drug-likeness (QED) is 0.387. The largest absolute Gasteiger partial charge is 0.379 e. The number of rotatable bonds is 9. The van der Waals surface area contributed by atoms with Gasteiger partial charge in [0.25, 0.3) is 5.91 Å². The Morgan fingerprint density at radius 2 is 1.58 bits per heavy atom. The van der Waals surface area contributed by atoms with E-state index in [4.69, 9.17) is 15.1 Å². The van der Waals surface area contributed by atoms with Gasteiger partial charge in [0.2, 0.25) is 0 Å². The number of ether oxygens (including phenoxy) is 1. The van der Waals surface area contributed by atoms with Gasteiger partial charge in [-0.15, -0.1) is 0 Å². The molecule has 1 aromatic heterocycles. The Kier molecular flexibility index (Phi) is 10.4. The molecule has 200 valence electrons. The number of piperidine rings is 1. The summed E-state index contributed by atoms with van der Waals surface area (Å²) in [5, 5.41) is 18.3. The maximum Gasteiger partial charge on any atom is 0.270 e. The number of carbonyl (C=O) groups is 1. The van der Waals surface area contributed by atoms with Gasteiger partial charge in [0.15, 0.2) is 0 Å². The third kappa shape index (κ3) is 7.88. The minimum absolute atomic E-state index is 0.0286. The lowest BCUT2D eigenvalue weighted by molar-refractivity contribution is -0.115.